The number of non-ortho nitro benzene ring substituents is 1. The lowest BCUT2D eigenvalue weighted by Gasteiger charge is -2.05. The highest BCUT2D eigenvalue weighted by molar-refractivity contribution is 7.80. The summed E-state index contributed by atoms with van der Waals surface area (Å²) >= 11 is 12.3. The first-order chi connectivity index (χ1) is 15.4. The van der Waals surface area contributed by atoms with Crippen LogP contribution in [0, 0.1) is 10.1 Å². The maximum absolute atomic E-state index is 12.4. The number of thiocarbonyl (C=S) groups is 1. The number of carbonyl (C=O) groups excluding carboxylic acids is 1. The topological polar surface area (TPSA) is 110 Å². The van der Waals surface area contributed by atoms with Gasteiger partial charge in [0.1, 0.15) is 5.76 Å². The van der Waals surface area contributed by atoms with Gasteiger partial charge in [-0.1, -0.05) is 23.7 Å². The Hall–Kier alpha value is -3.60. The largest absolute Gasteiger partial charge is 0.451 e. The van der Waals surface area contributed by atoms with Crippen LogP contribution in [0.2, 0.25) is 5.02 Å². The number of hydrogen-bond acceptors (Lipinski definition) is 7. The van der Waals surface area contributed by atoms with Gasteiger partial charge in [0.05, 0.1) is 10.6 Å². The van der Waals surface area contributed by atoms with Gasteiger partial charge in [0, 0.05) is 33.7 Å². The van der Waals surface area contributed by atoms with E-state index in [1.165, 1.54) is 23.5 Å². The minimum atomic E-state index is -0.516. The van der Waals surface area contributed by atoms with Crippen LogP contribution in [-0.2, 0) is 0 Å². The van der Waals surface area contributed by atoms with E-state index in [0.717, 1.165) is 5.56 Å². The van der Waals surface area contributed by atoms with Crippen LogP contribution in [0.3, 0.4) is 0 Å². The van der Waals surface area contributed by atoms with Gasteiger partial charge in [-0.2, -0.15) is 0 Å². The molecule has 0 fully saturated rings. The van der Waals surface area contributed by atoms with Gasteiger partial charge in [-0.25, -0.2) is 4.98 Å². The summed E-state index contributed by atoms with van der Waals surface area (Å²) in [6.45, 7) is 0. The minimum absolute atomic E-state index is 0.0239. The lowest BCUT2D eigenvalue weighted by molar-refractivity contribution is -0.384. The third-order valence-corrected chi connectivity index (χ3v) is 5.48. The number of carbonyl (C=O) groups is 1. The van der Waals surface area contributed by atoms with Crippen molar-refractivity contribution >= 4 is 57.0 Å². The normalized spacial score (nSPS) is 10.5. The maximum Gasteiger partial charge on any atom is 0.293 e. The Labute approximate surface area is 196 Å². The minimum Gasteiger partial charge on any atom is -0.451 e. The number of benzene rings is 2. The smallest absolute Gasteiger partial charge is 0.293 e. The van der Waals surface area contributed by atoms with Crippen molar-refractivity contribution in [2.24, 2.45) is 0 Å². The number of amides is 1. The predicted octanol–water partition coefficient (Wildman–Crippen LogP) is 5.76. The van der Waals surface area contributed by atoms with Crippen LogP contribution in [0.25, 0.3) is 22.6 Å². The molecule has 0 spiro atoms. The number of hydrogen-bond donors (Lipinski definition) is 2. The fourth-order valence-electron chi connectivity index (χ4n) is 2.76. The molecule has 2 heterocycles. The standard InChI is InChI=1S/C21H13ClN4O4S2/c22-14-6-4-12(5-7-14)17-8-9-18(30-17)19(27)24-20(31)25-21-23-16(11-32-21)13-2-1-3-15(10-13)26(28)29/h1-11H,(H2,23,24,25,27,31). The van der Waals surface area contributed by atoms with Crippen molar-refractivity contribution in [2.75, 3.05) is 5.32 Å². The van der Waals surface area contributed by atoms with Crippen molar-refractivity contribution in [3.8, 4) is 22.6 Å². The first kappa shape index (κ1) is 21.6. The predicted molar refractivity (Wildman–Crippen MR) is 127 cm³/mol. The molecule has 11 heteroatoms. The van der Waals surface area contributed by atoms with E-state index in [4.69, 9.17) is 28.2 Å². The van der Waals surface area contributed by atoms with E-state index in [1.54, 1.807) is 53.9 Å². The third kappa shape index (κ3) is 4.99. The summed E-state index contributed by atoms with van der Waals surface area (Å²) in [4.78, 5) is 27.3. The van der Waals surface area contributed by atoms with E-state index in [2.05, 4.69) is 15.6 Å². The Kier molecular flexibility index (Phi) is 6.26. The molecule has 0 unspecified atom stereocenters. The molecule has 8 nitrogen and oxygen atoms in total. The van der Waals surface area contributed by atoms with Crippen LogP contribution in [0.4, 0.5) is 10.8 Å². The van der Waals surface area contributed by atoms with Crippen molar-refractivity contribution in [1.29, 1.82) is 0 Å². The molecule has 4 rings (SSSR count). The second-order valence-electron chi connectivity index (χ2n) is 6.42. The van der Waals surface area contributed by atoms with Crippen molar-refractivity contribution in [2.45, 2.75) is 0 Å². The lowest BCUT2D eigenvalue weighted by atomic mass is 10.1. The Morgan fingerprint density at radius 1 is 1.12 bits per heavy atom. The zero-order valence-electron chi connectivity index (χ0n) is 16.1. The zero-order valence-corrected chi connectivity index (χ0v) is 18.5. The SMILES string of the molecule is O=C(NC(=S)Nc1nc(-c2cccc([N+](=O)[O-])c2)cs1)c1ccc(-c2ccc(Cl)cc2)o1. The fourth-order valence-corrected chi connectivity index (χ4v) is 3.87. The summed E-state index contributed by atoms with van der Waals surface area (Å²) in [5.41, 5.74) is 1.91. The van der Waals surface area contributed by atoms with E-state index < -0.39 is 10.8 Å². The third-order valence-electron chi connectivity index (χ3n) is 4.26. The molecule has 2 N–H and O–H groups in total. The molecule has 0 radical (unpaired) electrons. The number of nitro benzene ring substituents is 1. The number of thiazole rings is 1. The quantitative estimate of drug-likeness (QED) is 0.210. The van der Waals surface area contributed by atoms with Crippen LogP contribution in [0.1, 0.15) is 10.6 Å². The average Bonchev–Trinajstić information content (AvgIpc) is 3.44. The molecular weight excluding hydrogens is 472 g/mol. The number of halogens is 1. The number of nitrogens with zero attached hydrogens (tertiary/aromatic N) is 2. The number of nitrogens with one attached hydrogen (secondary N) is 2. The fraction of sp³-hybridized carbons (Fsp3) is 0. The van der Waals surface area contributed by atoms with Crippen molar-refractivity contribution in [3.63, 3.8) is 0 Å². The van der Waals surface area contributed by atoms with E-state index in [9.17, 15) is 14.9 Å². The molecule has 160 valence electrons. The first-order valence-corrected chi connectivity index (χ1v) is 10.7. The van der Waals surface area contributed by atoms with Crippen LogP contribution in [0.5, 0.6) is 0 Å². The van der Waals surface area contributed by atoms with Crippen molar-refractivity contribution < 1.29 is 14.1 Å². The summed E-state index contributed by atoms with van der Waals surface area (Å²) in [5.74, 6) is 0.0981. The highest BCUT2D eigenvalue weighted by atomic mass is 35.5. The van der Waals surface area contributed by atoms with Crippen LogP contribution < -0.4 is 10.6 Å². The molecule has 0 aliphatic heterocycles. The van der Waals surface area contributed by atoms with Gasteiger partial charge in [-0.3, -0.25) is 20.2 Å². The molecule has 2 aromatic heterocycles. The number of aromatic nitrogens is 1. The highest BCUT2D eigenvalue weighted by Crippen LogP contribution is 2.27. The summed E-state index contributed by atoms with van der Waals surface area (Å²) in [6, 6.07) is 16.4. The van der Waals surface area contributed by atoms with Crippen LogP contribution >= 0.6 is 35.2 Å². The summed E-state index contributed by atoms with van der Waals surface area (Å²) < 4.78 is 5.60. The van der Waals surface area contributed by atoms with Crippen LogP contribution in [-0.4, -0.2) is 20.9 Å². The van der Waals surface area contributed by atoms with Crippen molar-refractivity contribution in [1.82, 2.24) is 10.3 Å². The van der Waals surface area contributed by atoms with Gasteiger partial charge < -0.3 is 9.73 Å². The summed E-state index contributed by atoms with van der Waals surface area (Å²) in [6.07, 6.45) is 0. The first-order valence-electron chi connectivity index (χ1n) is 9.07. The highest BCUT2D eigenvalue weighted by Gasteiger charge is 2.15. The maximum atomic E-state index is 12.4. The molecule has 0 saturated carbocycles. The van der Waals surface area contributed by atoms with Gasteiger partial charge in [0.25, 0.3) is 11.6 Å². The zero-order chi connectivity index (χ0) is 22.7. The number of nitro groups is 1. The molecule has 0 bridgehead atoms. The molecule has 0 aliphatic rings. The molecule has 4 aromatic rings. The van der Waals surface area contributed by atoms with Crippen LogP contribution in [0.15, 0.2) is 70.5 Å². The second kappa shape index (κ2) is 9.27. The van der Waals surface area contributed by atoms with Gasteiger partial charge in [0.2, 0.25) is 0 Å². The van der Waals surface area contributed by atoms with E-state index in [-0.39, 0.29) is 16.6 Å². The summed E-state index contributed by atoms with van der Waals surface area (Å²) in [5, 5.41) is 19.1. The Balaban J connectivity index is 1.39. The number of furan rings is 1. The van der Waals surface area contributed by atoms with Gasteiger partial charge >= 0.3 is 0 Å². The Morgan fingerprint density at radius 3 is 2.66 bits per heavy atom. The Bertz CT molecular complexity index is 1320. The van der Waals surface area contributed by atoms with Gasteiger partial charge in [0.15, 0.2) is 16.0 Å². The number of rotatable bonds is 5. The Morgan fingerprint density at radius 2 is 1.91 bits per heavy atom. The molecule has 0 aliphatic carbocycles. The molecule has 32 heavy (non-hydrogen) atoms. The molecule has 2 aromatic carbocycles. The molecule has 0 atom stereocenters. The molecule has 1 amide bonds. The van der Waals surface area contributed by atoms with Crippen molar-refractivity contribution in [3.05, 3.63) is 86.9 Å². The molecule has 0 saturated heterocycles. The summed E-state index contributed by atoms with van der Waals surface area (Å²) in [7, 11) is 0. The van der Waals surface area contributed by atoms with E-state index in [0.29, 0.717) is 27.2 Å². The average molecular weight is 485 g/mol. The second-order valence-corrected chi connectivity index (χ2v) is 8.13. The monoisotopic (exact) mass is 484 g/mol. The van der Waals surface area contributed by atoms with Gasteiger partial charge in [-0.05, 0) is 48.6 Å². The van der Waals surface area contributed by atoms with E-state index >= 15 is 0 Å². The lowest BCUT2D eigenvalue weighted by Crippen LogP contribution is -2.33. The van der Waals surface area contributed by atoms with Gasteiger partial charge in [-0.15, -0.1) is 11.3 Å². The molecular formula is C21H13ClN4O4S2. The number of anilines is 1. The van der Waals surface area contributed by atoms with E-state index in [1.807, 2.05) is 0 Å².